The summed E-state index contributed by atoms with van der Waals surface area (Å²) in [6.07, 6.45) is 4.13. The summed E-state index contributed by atoms with van der Waals surface area (Å²) in [6, 6.07) is 0. The zero-order valence-corrected chi connectivity index (χ0v) is 7.52. The van der Waals surface area contributed by atoms with Crippen LogP contribution in [-0.4, -0.2) is 11.1 Å². The molecule has 0 rings (SSSR count). The van der Waals surface area contributed by atoms with Gasteiger partial charge in [-0.2, -0.15) is 0 Å². The number of halogens is 1. The molecule has 3 heteroatoms. The fraction of sp³-hybridized carbons (Fsp3) is 0.571. The first-order valence-corrected chi connectivity index (χ1v) is 4.05. The second-order valence-corrected chi connectivity index (χ2v) is 3.05. The van der Waals surface area contributed by atoms with Crippen molar-refractivity contribution >= 4 is 21.9 Å². The van der Waals surface area contributed by atoms with Crippen LogP contribution in [0.3, 0.4) is 0 Å². The van der Waals surface area contributed by atoms with E-state index < -0.39 is 5.97 Å². The molecule has 2 nitrogen and oxygen atoms in total. The number of aliphatic carboxylic acids is 1. The fourth-order valence-electron chi connectivity index (χ4n) is 0.552. The number of rotatable bonds is 4. The summed E-state index contributed by atoms with van der Waals surface area (Å²) in [4.78, 5) is 10.1. The number of carbonyl (C=O) groups is 1. The molecule has 0 aromatic heterocycles. The molecule has 0 unspecified atom stereocenters. The molecule has 0 amide bonds. The normalized spacial score (nSPS) is 11.6. The van der Waals surface area contributed by atoms with E-state index in [9.17, 15) is 4.79 Å². The average molecular weight is 207 g/mol. The number of allylic oxidation sites excluding steroid dienone is 1. The molecule has 0 fully saturated rings. The van der Waals surface area contributed by atoms with Crippen LogP contribution in [0.1, 0.15) is 26.2 Å². The Bertz CT molecular complexity index is 141. The number of unbranched alkanes of at least 4 members (excludes halogenated alkanes) is 1. The molecule has 0 saturated carbocycles. The predicted molar refractivity (Wildman–Crippen MR) is 44.2 cm³/mol. The minimum absolute atomic E-state index is 0.766. The molecule has 58 valence electrons. The van der Waals surface area contributed by atoms with Crippen LogP contribution in [0.2, 0.25) is 0 Å². The van der Waals surface area contributed by atoms with E-state index in [0.717, 1.165) is 23.7 Å². The van der Waals surface area contributed by atoms with E-state index in [-0.39, 0.29) is 0 Å². The third-order valence-electron chi connectivity index (χ3n) is 1.05. The van der Waals surface area contributed by atoms with E-state index in [1.807, 2.05) is 0 Å². The molecular formula is C7H11BrO2. The van der Waals surface area contributed by atoms with Crippen LogP contribution in [0.4, 0.5) is 0 Å². The van der Waals surface area contributed by atoms with Crippen LogP contribution in [-0.2, 0) is 4.79 Å². The van der Waals surface area contributed by atoms with Gasteiger partial charge in [0.1, 0.15) is 0 Å². The third-order valence-corrected chi connectivity index (χ3v) is 1.67. The SMILES string of the molecule is CCCCC(Br)=CC(=O)O. The Morgan fingerprint density at radius 2 is 2.30 bits per heavy atom. The molecule has 0 saturated heterocycles. The van der Waals surface area contributed by atoms with Crippen molar-refractivity contribution in [2.45, 2.75) is 26.2 Å². The van der Waals surface area contributed by atoms with Gasteiger partial charge in [-0.05, 0) is 12.8 Å². The van der Waals surface area contributed by atoms with Crippen LogP contribution in [0.5, 0.6) is 0 Å². The van der Waals surface area contributed by atoms with E-state index in [4.69, 9.17) is 5.11 Å². The van der Waals surface area contributed by atoms with Crippen molar-refractivity contribution in [2.24, 2.45) is 0 Å². The van der Waals surface area contributed by atoms with Crippen LogP contribution in [0.25, 0.3) is 0 Å². The van der Waals surface area contributed by atoms with Crippen LogP contribution in [0, 0.1) is 0 Å². The lowest BCUT2D eigenvalue weighted by molar-refractivity contribution is -0.131. The monoisotopic (exact) mass is 206 g/mol. The largest absolute Gasteiger partial charge is 0.478 e. The quantitative estimate of drug-likeness (QED) is 0.719. The molecule has 0 aromatic rings. The van der Waals surface area contributed by atoms with Gasteiger partial charge in [0.15, 0.2) is 0 Å². The molecule has 0 aromatic carbocycles. The lowest BCUT2D eigenvalue weighted by atomic mass is 10.2. The van der Waals surface area contributed by atoms with E-state index >= 15 is 0 Å². The zero-order valence-electron chi connectivity index (χ0n) is 5.93. The molecule has 10 heavy (non-hydrogen) atoms. The maximum absolute atomic E-state index is 10.1. The second-order valence-electron chi connectivity index (χ2n) is 2.03. The molecule has 0 aliphatic carbocycles. The highest BCUT2D eigenvalue weighted by Gasteiger charge is 1.94. The van der Waals surface area contributed by atoms with Gasteiger partial charge < -0.3 is 5.11 Å². The summed E-state index contributed by atoms with van der Waals surface area (Å²) in [7, 11) is 0. The molecule has 0 spiro atoms. The second kappa shape index (κ2) is 5.47. The Labute approximate surface area is 69.1 Å². The molecular weight excluding hydrogens is 196 g/mol. The minimum Gasteiger partial charge on any atom is -0.478 e. The molecule has 0 atom stereocenters. The number of hydrogen-bond donors (Lipinski definition) is 1. The average Bonchev–Trinajstić information content (AvgIpc) is 1.82. The van der Waals surface area contributed by atoms with E-state index in [0.29, 0.717) is 0 Å². The summed E-state index contributed by atoms with van der Waals surface area (Å²) in [5.74, 6) is -0.886. The first-order valence-electron chi connectivity index (χ1n) is 3.25. The Hall–Kier alpha value is -0.310. The summed E-state index contributed by atoms with van der Waals surface area (Å²) >= 11 is 3.16. The van der Waals surface area contributed by atoms with Crippen LogP contribution in [0.15, 0.2) is 10.6 Å². The molecule has 0 radical (unpaired) electrons. The van der Waals surface area contributed by atoms with Gasteiger partial charge in [0.05, 0.1) is 0 Å². The Kier molecular flexibility index (Phi) is 5.30. The van der Waals surface area contributed by atoms with Crippen molar-refractivity contribution in [2.75, 3.05) is 0 Å². The predicted octanol–water partition coefficient (Wildman–Crippen LogP) is 2.54. The van der Waals surface area contributed by atoms with Gasteiger partial charge in [0, 0.05) is 10.6 Å². The van der Waals surface area contributed by atoms with E-state index in [2.05, 4.69) is 22.9 Å². The number of hydrogen-bond acceptors (Lipinski definition) is 1. The van der Waals surface area contributed by atoms with E-state index in [1.54, 1.807) is 0 Å². The molecule has 0 aliphatic rings. The van der Waals surface area contributed by atoms with Gasteiger partial charge in [-0.3, -0.25) is 0 Å². The van der Waals surface area contributed by atoms with E-state index in [1.165, 1.54) is 6.08 Å². The van der Waals surface area contributed by atoms with Gasteiger partial charge in [-0.15, -0.1) is 0 Å². The maximum atomic E-state index is 10.1. The van der Waals surface area contributed by atoms with Crippen molar-refractivity contribution in [1.29, 1.82) is 0 Å². The molecule has 1 N–H and O–H groups in total. The molecule has 0 bridgehead atoms. The van der Waals surface area contributed by atoms with Crippen molar-refractivity contribution in [3.8, 4) is 0 Å². The Morgan fingerprint density at radius 1 is 1.70 bits per heavy atom. The highest BCUT2D eigenvalue weighted by molar-refractivity contribution is 9.11. The Balaban J connectivity index is 3.60. The molecule has 0 aliphatic heterocycles. The van der Waals surface area contributed by atoms with Crippen molar-refractivity contribution in [1.82, 2.24) is 0 Å². The van der Waals surface area contributed by atoms with Gasteiger partial charge in [0.2, 0.25) is 0 Å². The topological polar surface area (TPSA) is 37.3 Å². The fourth-order valence-corrected chi connectivity index (χ4v) is 1.03. The van der Waals surface area contributed by atoms with Crippen LogP contribution < -0.4 is 0 Å². The summed E-state index contributed by atoms with van der Waals surface area (Å²) < 4.78 is 0.766. The summed E-state index contributed by atoms with van der Waals surface area (Å²) in [5, 5.41) is 8.28. The van der Waals surface area contributed by atoms with Gasteiger partial charge in [0.25, 0.3) is 0 Å². The van der Waals surface area contributed by atoms with Gasteiger partial charge in [-0.25, -0.2) is 4.79 Å². The lowest BCUT2D eigenvalue weighted by Crippen LogP contribution is -1.88. The summed E-state index contributed by atoms with van der Waals surface area (Å²) in [5.41, 5.74) is 0. The number of carboxylic acid groups (broad SMARTS) is 1. The minimum atomic E-state index is -0.886. The Morgan fingerprint density at radius 3 is 2.70 bits per heavy atom. The van der Waals surface area contributed by atoms with Gasteiger partial charge in [-0.1, -0.05) is 29.3 Å². The first-order chi connectivity index (χ1) is 4.66. The smallest absolute Gasteiger partial charge is 0.329 e. The van der Waals surface area contributed by atoms with Gasteiger partial charge >= 0.3 is 5.97 Å². The molecule has 0 heterocycles. The third kappa shape index (κ3) is 5.82. The lowest BCUT2D eigenvalue weighted by Gasteiger charge is -1.93. The first kappa shape index (κ1) is 9.69. The van der Waals surface area contributed by atoms with Crippen molar-refractivity contribution < 1.29 is 9.90 Å². The van der Waals surface area contributed by atoms with Crippen molar-refractivity contribution in [3.63, 3.8) is 0 Å². The summed E-state index contributed by atoms with van der Waals surface area (Å²) in [6.45, 7) is 2.07. The number of carboxylic acids is 1. The highest BCUT2D eigenvalue weighted by Crippen LogP contribution is 2.13. The highest BCUT2D eigenvalue weighted by atomic mass is 79.9. The maximum Gasteiger partial charge on any atom is 0.329 e. The van der Waals surface area contributed by atoms with Crippen LogP contribution >= 0.6 is 15.9 Å². The zero-order chi connectivity index (χ0) is 7.98. The van der Waals surface area contributed by atoms with Crippen molar-refractivity contribution in [3.05, 3.63) is 10.6 Å². The standard InChI is InChI=1S/C7H11BrO2/c1-2-3-4-6(8)5-7(9)10/h5H,2-4H2,1H3,(H,9,10).